The van der Waals surface area contributed by atoms with E-state index in [1.807, 2.05) is 0 Å². The second-order valence-corrected chi connectivity index (χ2v) is 2.61. The third-order valence-electron chi connectivity index (χ3n) is 1.48. The van der Waals surface area contributed by atoms with Crippen molar-refractivity contribution in [1.82, 2.24) is 5.32 Å². The lowest BCUT2D eigenvalue weighted by Gasteiger charge is -2.02. The van der Waals surface area contributed by atoms with Crippen LogP contribution in [0.2, 0.25) is 0 Å². The van der Waals surface area contributed by atoms with Gasteiger partial charge >= 0.3 is 0 Å². The molecule has 1 aliphatic carbocycles. The van der Waals surface area contributed by atoms with Crippen molar-refractivity contribution in [3.8, 4) is 0 Å². The van der Waals surface area contributed by atoms with Gasteiger partial charge in [-0.15, -0.1) is 0 Å². The molecule has 1 aliphatic rings. The lowest BCUT2D eigenvalue weighted by molar-refractivity contribution is 0.122. The molecule has 0 heterocycles. The van der Waals surface area contributed by atoms with E-state index < -0.39 is 0 Å². The van der Waals surface area contributed by atoms with Crippen molar-refractivity contribution >= 4 is 0 Å². The van der Waals surface area contributed by atoms with E-state index in [0.717, 1.165) is 19.7 Å². The second kappa shape index (κ2) is 4.66. The quantitative estimate of drug-likeness (QED) is 0.504. The first-order chi connectivity index (χ1) is 4.93. The van der Waals surface area contributed by atoms with Crippen molar-refractivity contribution in [3.63, 3.8) is 0 Å². The van der Waals surface area contributed by atoms with Gasteiger partial charge in [0.05, 0.1) is 12.7 Å². The summed E-state index contributed by atoms with van der Waals surface area (Å²) in [5.74, 6) is 0. The summed E-state index contributed by atoms with van der Waals surface area (Å²) in [5, 5.41) is 3.17. The number of nitrogens with two attached hydrogens (primary N) is 1. The van der Waals surface area contributed by atoms with Crippen molar-refractivity contribution < 1.29 is 4.74 Å². The Balaban J connectivity index is 1.68. The molecule has 0 aliphatic heterocycles. The fraction of sp³-hybridized carbons (Fsp3) is 1.00. The van der Waals surface area contributed by atoms with E-state index in [2.05, 4.69) is 5.32 Å². The second-order valence-electron chi connectivity index (χ2n) is 2.61. The first-order valence-electron chi connectivity index (χ1n) is 3.96. The molecule has 0 spiro atoms. The van der Waals surface area contributed by atoms with Gasteiger partial charge in [-0.25, -0.2) is 0 Å². The van der Waals surface area contributed by atoms with Crippen molar-refractivity contribution in [3.05, 3.63) is 0 Å². The molecule has 0 bridgehead atoms. The molecule has 0 aromatic carbocycles. The molecule has 0 aromatic rings. The van der Waals surface area contributed by atoms with Gasteiger partial charge in [0.1, 0.15) is 0 Å². The fourth-order valence-electron chi connectivity index (χ4n) is 0.760. The maximum absolute atomic E-state index is 5.40. The Morgan fingerprint density at radius 2 is 2.20 bits per heavy atom. The van der Waals surface area contributed by atoms with Crippen LogP contribution >= 0.6 is 0 Å². The van der Waals surface area contributed by atoms with Gasteiger partial charge in [0, 0.05) is 19.6 Å². The molecule has 60 valence electrons. The summed E-state index contributed by atoms with van der Waals surface area (Å²) < 4.78 is 5.40. The Kier molecular flexibility index (Phi) is 3.72. The van der Waals surface area contributed by atoms with Gasteiger partial charge in [-0.2, -0.15) is 0 Å². The van der Waals surface area contributed by atoms with Crippen LogP contribution < -0.4 is 11.1 Å². The molecular weight excluding hydrogens is 128 g/mol. The molecule has 0 unspecified atom stereocenters. The van der Waals surface area contributed by atoms with Gasteiger partial charge < -0.3 is 15.8 Å². The maximum Gasteiger partial charge on any atom is 0.0594 e. The number of hydrogen-bond donors (Lipinski definition) is 2. The van der Waals surface area contributed by atoms with Gasteiger partial charge in [-0.3, -0.25) is 0 Å². The fourth-order valence-corrected chi connectivity index (χ4v) is 0.760. The van der Waals surface area contributed by atoms with E-state index in [-0.39, 0.29) is 0 Å². The zero-order chi connectivity index (χ0) is 7.23. The summed E-state index contributed by atoms with van der Waals surface area (Å²) in [5.41, 5.74) is 5.28. The Morgan fingerprint density at radius 3 is 2.80 bits per heavy atom. The monoisotopic (exact) mass is 144 g/mol. The van der Waals surface area contributed by atoms with E-state index in [4.69, 9.17) is 10.5 Å². The van der Waals surface area contributed by atoms with Crippen LogP contribution in [0.4, 0.5) is 0 Å². The number of nitrogens with one attached hydrogen (secondary N) is 1. The Morgan fingerprint density at radius 1 is 1.40 bits per heavy atom. The topological polar surface area (TPSA) is 47.3 Å². The molecule has 3 N–H and O–H groups in total. The average Bonchev–Trinajstić information content (AvgIpc) is 2.71. The van der Waals surface area contributed by atoms with Crippen LogP contribution in [-0.4, -0.2) is 32.3 Å². The van der Waals surface area contributed by atoms with Crippen LogP contribution in [0.25, 0.3) is 0 Å². The molecular formula is C7H16N2O. The zero-order valence-electron chi connectivity index (χ0n) is 6.31. The van der Waals surface area contributed by atoms with Gasteiger partial charge in [0.2, 0.25) is 0 Å². The third kappa shape index (κ3) is 3.82. The highest BCUT2D eigenvalue weighted by Crippen LogP contribution is 2.22. The molecule has 0 saturated heterocycles. The maximum atomic E-state index is 5.40. The van der Waals surface area contributed by atoms with Crippen LogP contribution in [0, 0.1) is 0 Å². The Labute approximate surface area is 61.9 Å². The third-order valence-corrected chi connectivity index (χ3v) is 1.48. The van der Waals surface area contributed by atoms with E-state index >= 15 is 0 Å². The first-order valence-corrected chi connectivity index (χ1v) is 3.96. The molecule has 10 heavy (non-hydrogen) atoms. The first kappa shape index (κ1) is 7.98. The summed E-state index contributed by atoms with van der Waals surface area (Å²) >= 11 is 0. The van der Waals surface area contributed by atoms with E-state index in [9.17, 15) is 0 Å². The van der Waals surface area contributed by atoms with Crippen LogP contribution in [-0.2, 0) is 4.74 Å². The van der Waals surface area contributed by atoms with Crippen molar-refractivity contribution in [1.29, 1.82) is 0 Å². The summed E-state index contributed by atoms with van der Waals surface area (Å²) in [6.07, 6.45) is 3.10. The lowest BCUT2D eigenvalue weighted by atomic mass is 10.6. The number of ether oxygens (including phenoxy) is 1. The van der Waals surface area contributed by atoms with Gasteiger partial charge in [-0.1, -0.05) is 0 Å². The molecule has 1 saturated carbocycles. The lowest BCUT2D eigenvalue weighted by Crippen LogP contribution is -2.26. The predicted octanol–water partition coefficient (Wildman–Crippen LogP) is -0.286. The molecule has 0 aromatic heterocycles. The van der Waals surface area contributed by atoms with E-state index in [1.54, 1.807) is 0 Å². The minimum Gasteiger partial charge on any atom is -0.377 e. The average molecular weight is 144 g/mol. The highest BCUT2D eigenvalue weighted by Gasteiger charge is 2.21. The Hall–Kier alpha value is -0.120. The van der Waals surface area contributed by atoms with Crippen molar-refractivity contribution in [2.24, 2.45) is 5.73 Å². The molecule has 0 atom stereocenters. The molecule has 1 fully saturated rings. The standard InChI is InChI=1S/C7H16N2O/c8-3-4-9-5-6-10-7-1-2-7/h7,9H,1-6,8H2. The molecule has 0 radical (unpaired) electrons. The largest absolute Gasteiger partial charge is 0.377 e. The summed E-state index contributed by atoms with van der Waals surface area (Å²) in [4.78, 5) is 0. The molecule has 0 amide bonds. The molecule has 3 nitrogen and oxygen atoms in total. The SMILES string of the molecule is NCCNCCOC1CC1. The number of rotatable bonds is 6. The van der Waals surface area contributed by atoms with Crippen molar-refractivity contribution in [2.75, 3.05) is 26.2 Å². The highest BCUT2D eigenvalue weighted by atomic mass is 16.5. The van der Waals surface area contributed by atoms with Crippen LogP contribution in [0.5, 0.6) is 0 Å². The minimum absolute atomic E-state index is 0.583. The summed E-state index contributed by atoms with van der Waals surface area (Å²) in [7, 11) is 0. The molecule has 3 heteroatoms. The van der Waals surface area contributed by atoms with E-state index in [1.165, 1.54) is 12.8 Å². The van der Waals surface area contributed by atoms with Gasteiger partial charge in [0.25, 0.3) is 0 Å². The highest BCUT2D eigenvalue weighted by molar-refractivity contribution is 4.72. The van der Waals surface area contributed by atoms with Gasteiger partial charge in [-0.05, 0) is 12.8 Å². The normalized spacial score (nSPS) is 17.7. The minimum atomic E-state index is 0.583. The van der Waals surface area contributed by atoms with Crippen LogP contribution in [0.3, 0.4) is 0 Å². The van der Waals surface area contributed by atoms with Crippen LogP contribution in [0.15, 0.2) is 0 Å². The predicted molar refractivity (Wildman–Crippen MR) is 40.9 cm³/mol. The van der Waals surface area contributed by atoms with Crippen LogP contribution in [0.1, 0.15) is 12.8 Å². The smallest absolute Gasteiger partial charge is 0.0594 e. The molecule has 1 rings (SSSR count). The van der Waals surface area contributed by atoms with Crippen molar-refractivity contribution in [2.45, 2.75) is 18.9 Å². The zero-order valence-corrected chi connectivity index (χ0v) is 6.31. The van der Waals surface area contributed by atoms with E-state index in [0.29, 0.717) is 12.6 Å². The summed E-state index contributed by atoms with van der Waals surface area (Å²) in [6, 6.07) is 0. The van der Waals surface area contributed by atoms with Gasteiger partial charge in [0.15, 0.2) is 0 Å². The Bertz CT molecular complexity index is 83.7. The number of hydrogen-bond acceptors (Lipinski definition) is 3. The summed E-state index contributed by atoms with van der Waals surface area (Å²) in [6.45, 7) is 3.38.